The van der Waals surface area contributed by atoms with Gasteiger partial charge in [0.1, 0.15) is 5.69 Å². The molecule has 2 N–H and O–H groups in total. The second-order valence-electron chi connectivity index (χ2n) is 7.15. The Kier molecular flexibility index (Phi) is 8.90. The molecule has 2 aromatic heterocycles. The number of aliphatic imine (C=N–C) groups is 1. The third kappa shape index (κ3) is 7.45. The molecule has 0 aliphatic heterocycles. The van der Waals surface area contributed by atoms with Crippen LogP contribution in [-0.4, -0.2) is 53.4 Å². The van der Waals surface area contributed by atoms with Crippen LogP contribution in [0.4, 0.5) is 0 Å². The minimum atomic E-state index is 0.412. The molecule has 0 bridgehead atoms. The molecule has 0 aromatic carbocycles. The molecular weight excluding hydrogens is 368 g/mol. The Hall–Kier alpha value is -2.48. The molecule has 8 heteroatoms. The topological polar surface area (TPSA) is 97.5 Å². The van der Waals surface area contributed by atoms with Gasteiger partial charge in [-0.25, -0.2) is 0 Å². The smallest absolute Gasteiger partial charge is 0.276 e. The molecular formula is C21H32N6O2. The van der Waals surface area contributed by atoms with E-state index in [2.05, 4.69) is 37.7 Å². The van der Waals surface area contributed by atoms with Gasteiger partial charge in [-0.3, -0.25) is 9.98 Å². The maximum absolute atomic E-state index is 6.01. The van der Waals surface area contributed by atoms with Gasteiger partial charge >= 0.3 is 0 Å². The van der Waals surface area contributed by atoms with Gasteiger partial charge < -0.3 is 19.9 Å². The number of nitrogens with zero attached hydrogens (tertiary/aromatic N) is 4. The fourth-order valence-corrected chi connectivity index (χ4v) is 3.37. The van der Waals surface area contributed by atoms with Crippen molar-refractivity contribution in [2.24, 2.45) is 4.99 Å². The zero-order valence-electron chi connectivity index (χ0n) is 17.3. The summed E-state index contributed by atoms with van der Waals surface area (Å²) in [5, 5.41) is 10.6. The second kappa shape index (κ2) is 12.2. The van der Waals surface area contributed by atoms with E-state index in [-0.39, 0.29) is 0 Å². The van der Waals surface area contributed by atoms with Crippen molar-refractivity contribution in [3.05, 3.63) is 30.2 Å². The molecule has 0 saturated heterocycles. The van der Waals surface area contributed by atoms with Crippen LogP contribution in [0.1, 0.15) is 51.3 Å². The van der Waals surface area contributed by atoms with Crippen molar-refractivity contribution in [1.82, 2.24) is 25.8 Å². The molecule has 0 atom stereocenters. The van der Waals surface area contributed by atoms with Crippen LogP contribution in [0.3, 0.4) is 0 Å². The van der Waals surface area contributed by atoms with Gasteiger partial charge in [-0.15, -0.1) is 0 Å². The van der Waals surface area contributed by atoms with E-state index < -0.39 is 0 Å². The summed E-state index contributed by atoms with van der Waals surface area (Å²) in [7, 11) is 0. The molecule has 0 unspecified atom stereocenters. The van der Waals surface area contributed by atoms with E-state index in [1.165, 1.54) is 38.5 Å². The van der Waals surface area contributed by atoms with E-state index in [9.17, 15) is 0 Å². The first-order valence-corrected chi connectivity index (χ1v) is 10.7. The first-order valence-electron chi connectivity index (χ1n) is 10.7. The summed E-state index contributed by atoms with van der Waals surface area (Å²) in [4.78, 5) is 13.2. The lowest BCUT2D eigenvalue weighted by atomic mass is 10.1. The Morgan fingerprint density at radius 2 is 2.07 bits per heavy atom. The molecule has 0 radical (unpaired) electrons. The first kappa shape index (κ1) is 21.2. The Balaban J connectivity index is 1.39. The van der Waals surface area contributed by atoms with Gasteiger partial charge in [0.2, 0.25) is 0 Å². The highest BCUT2D eigenvalue weighted by atomic mass is 16.5. The third-order valence-corrected chi connectivity index (χ3v) is 4.85. The summed E-state index contributed by atoms with van der Waals surface area (Å²) in [6.07, 6.45) is 10.4. The molecule has 0 amide bonds. The number of ether oxygens (including phenoxy) is 1. The molecule has 1 fully saturated rings. The molecule has 158 valence electrons. The Bertz CT molecular complexity index is 726. The summed E-state index contributed by atoms with van der Waals surface area (Å²) in [5.74, 6) is 1.87. The molecule has 2 heterocycles. The van der Waals surface area contributed by atoms with Gasteiger partial charge in [-0.05, 0) is 31.9 Å². The monoisotopic (exact) mass is 400 g/mol. The zero-order valence-corrected chi connectivity index (χ0v) is 17.3. The number of pyridine rings is 1. The van der Waals surface area contributed by atoms with Crippen molar-refractivity contribution in [2.45, 2.75) is 58.0 Å². The molecule has 1 aliphatic rings. The van der Waals surface area contributed by atoms with Crippen LogP contribution in [-0.2, 0) is 11.2 Å². The highest BCUT2D eigenvalue weighted by Gasteiger charge is 2.12. The molecule has 2 aromatic rings. The highest BCUT2D eigenvalue weighted by Crippen LogP contribution is 2.19. The second-order valence-corrected chi connectivity index (χ2v) is 7.15. The molecule has 1 saturated carbocycles. The van der Waals surface area contributed by atoms with Gasteiger partial charge in [0, 0.05) is 25.7 Å². The van der Waals surface area contributed by atoms with Crippen LogP contribution in [0.2, 0.25) is 0 Å². The van der Waals surface area contributed by atoms with E-state index in [1.807, 2.05) is 18.2 Å². The number of guanidine groups is 1. The lowest BCUT2D eigenvalue weighted by molar-refractivity contribution is 0.0487. The summed E-state index contributed by atoms with van der Waals surface area (Å²) in [6, 6.07) is 5.60. The maximum Gasteiger partial charge on any atom is 0.276 e. The maximum atomic E-state index is 6.01. The van der Waals surface area contributed by atoms with Crippen molar-refractivity contribution < 1.29 is 9.26 Å². The summed E-state index contributed by atoms with van der Waals surface area (Å²) in [6.45, 7) is 4.84. The number of rotatable bonds is 9. The fourth-order valence-electron chi connectivity index (χ4n) is 3.37. The molecule has 8 nitrogen and oxygen atoms in total. The normalized spacial score (nSPS) is 15.8. The van der Waals surface area contributed by atoms with E-state index in [4.69, 9.17) is 9.26 Å². The predicted octanol–water partition coefficient (Wildman–Crippen LogP) is 2.97. The predicted molar refractivity (Wildman–Crippen MR) is 113 cm³/mol. The van der Waals surface area contributed by atoms with Gasteiger partial charge in [0.05, 0.1) is 19.3 Å². The summed E-state index contributed by atoms with van der Waals surface area (Å²) >= 11 is 0. The van der Waals surface area contributed by atoms with Gasteiger partial charge in [0.15, 0.2) is 11.8 Å². The lowest BCUT2D eigenvalue weighted by Gasteiger charge is -2.15. The van der Waals surface area contributed by atoms with Crippen molar-refractivity contribution >= 4 is 5.96 Å². The van der Waals surface area contributed by atoms with Crippen LogP contribution < -0.4 is 10.6 Å². The molecule has 0 spiro atoms. The average molecular weight is 401 g/mol. The van der Waals surface area contributed by atoms with E-state index in [1.54, 1.807) is 6.20 Å². The van der Waals surface area contributed by atoms with Crippen molar-refractivity contribution in [3.63, 3.8) is 0 Å². The molecule has 1 aliphatic carbocycles. The minimum Gasteiger partial charge on any atom is -0.376 e. The Labute approximate surface area is 172 Å². The number of nitrogens with one attached hydrogen (secondary N) is 2. The van der Waals surface area contributed by atoms with Crippen molar-refractivity contribution in [2.75, 3.05) is 26.2 Å². The quantitative estimate of drug-likeness (QED) is 0.289. The SMILES string of the molecule is CCNC(=NCCOC1CCCCCC1)NCCc1noc(-c2ccccn2)n1. The van der Waals surface area contributed by atoms with Crippen LogP contribution in [0.5, 0.6) is 0 Å². The zero-order chi connectivity index (χ0) is 20.2. The summed E-state index contributed by atoms with van der Waals surface area (Å²) in [5.41, 5.74) is 0.683. The van der Waals surface area contributed by atoms with Crippen LogP contribution in [0.15, 0.2) is 33.9 Å². The van der Waals surface area contributed by atoms with Crippen LogP contribution in [0.25, 0.3) is 11.6 Å². The Morgan fingerprint density at radius 1 is 1.21 bits per heavy atom. The van der Waals surface area contributed by atoms with Gasteiger partial charge in [-0.2, -0.15) is 4.98 Å². The first-order chi connectivity index (χ1) is 14.3. The van der Waals surface area contributed by atoms with Gasteiger partial charge in [-0.1, -0.05) is 36.9 Å². The van der Waals surface area contributed by atoms with Crippen molar-refractivity contribution in [3.8, 4) is 11.6 Å². The Morgan fingerprint density at radius 3 is 2.83 bits per heavy atom. The molecule has 3 rings (SSSR count). The van der Waals surface area contributed by atoms with Crippen LogP contribution >= 0.6 is 0 Å². The standard InChI is InChI=1S/C21H32N6O2/c1-2-22-21(25-15-16-28-17-9-5-3-4-6-10-17)24-14-12-19-26-20(29-27-19)18-11-7-8-13-23-18/h7-8,11,13,17H,2-6,9-10,12,14-16H2,1H3,(H2,22,24,25). The lowest BCUT2D eigenvalue weighted by Crippen LogP contribution is -2.38. The van der Waals surface area contributed by atoms with Crippen molar-refractivity contribution in [1.29, 1.82) is 0 Å². The average Bonchev–Trinajstić information content (AvgIpc) is 3.07. The number of hydrogen-bond donors (Lipinski definition) is 2. The van der Waals surface area contributed by atoms with Crippen LogP contribution in [0, 0.1) is 0 Å². The fraction of sp³-hybridized carbons (Fsp3) is 0.619. The number of aromatic nitrogens is 3. The van der Waals surface area contributed by atoms with E-state index in [0.29, 0.717) is 49.6 Å². The minimum absolute atomic E-state index is 0.412. The third-order valence-electron chi connectivity index (χ3n) is 4.85. The highest BCUT2D eigenvalue weighted by molar-refractivity contribution is 5.79. The van der Waals surface area contributed by atoms with E-state index in [0.717, 1.165) is 12.5 Å². The number of hydrogen-bond acceptors (Lipinski definition) is 6. The van der Waals surface area contributed by atoms with Gasteiger partial charge in [0.25, 0.3) is 5.89 Å². The largest absolute Gasteiger partial charge is 0.376 e. The molecule has 29 heavy (non-hydrogen) atoms. The van der Waals surface area contributed by atoms with E-state index >= 15 is 0 Å². The summed E-state index contributed by atoms with van der Waals surface area (Å²) < 4.78 is 11.3.